The summed E-state index contributed by atoms with van der Waals surface area (Å²) in [5.41, 5.74) is 4.10. The number of rotatable bonds is 4. The molecule has 5 heteroatoms. The molecule has 5 nitrogen and oxygen atoms in total. The van der Waals surface area contributed by atoms with Crippen molar-refractivity contribution in [2.24, 2.45) is 0 Å². The molecule has 0 N–H and O–H groups in total. The van der Waals surface area contributed by atoms with E-state index in [2.05, 4.69) is 24.1 Å². The molecule has 0 aliphatic carbocycles. The smallest absolute Gasteiger partial charge is 0.258 e. The highest BCUT2D eigenvalue weighted by Gasteiger charge is 2.24. The van der Waals surface area contributed by atoms with Gasteiger partial charge < -0.3 is 14.5 Å². The normalized spacial score (nSPS) is 13.8. The van der Waals surface area contributed by atoms with Gasteiger partial charge in [-0.25, -0.2) is 0 Å². The quantitative estimate of drug-likeness (QED) is 0.661. The van der Waals surface area contributed by atoms with Gasteiger partial charge in [-0.1, -0.05) is 42.5 Å². The molecular formula is C25H23N3O2. The summed E-state index contributed by atoms with van der Waals surface area (Å²) >= 11 is 0. The van der Waals surface area contributed by atoms with Gasteiger partial charge in [0.1, 0.15) is 12.4 Å². The maximum absolute atomic E-state index is 13.4. The zero-order chi connectivity index (χ0) is 20.9. The van der Waals surface area contributed by atoms with Gasteiger partial charge in [0.05, 0.1) is 11.6 Å². The highest BCUT2D eigenvalue weighted by molar-refractivity contribution is 6.06. The van der Waals surface area contributed by atoms with Crippen LogP contribution >= 0.6 is 0 Å². The summed E-state index contributed by atoms with van der Waals surface area (Å²) in [4.78, 5) is 17.4. The lowest BCUT2D eigenvalue weighted by Crippen LogP contribution is -2.35. The van der Waals surface area contributed by atoms with E-state index >= 15 is 0 Å². The standard InChI is InChI=1S/C25H23N3O2/c1-27-13-14-28(24-12-5-4-8-21(24)17-27)25(29)19-10-6-11-23(15-19)30-18-22-9-3-2-7-20(22)16-26/h2-12,15H,13-14,17-18H2,1H3. The minimum Gasteiger partial charge on any atom is -0.489 e. The average molecular weight is 397 g/mol. The molecule has 0 bridgehead atoms. The van der Waals surface area contributed by atoms with E-state index in [1.165, 1.54) is 0 Å². The Morgan fingerprint density at radius 2 is 1.83 bits per heavy atom. The molecule has 0 radical (unpaired) electrons. The van der Waals surface area contributed by atoms with E-state index in [1.807, 2.05) is 59.5 Å². The first-order valence-corrected chi connectivity index (χ1v) is 9.95. The van der Waals surface area contributed by atoms with Crippen molar-refractivity contribution in [2.75, 3.05) is 25.0 Å². The Hall–Kier alpha value is -3.62. The second-order valence-corrected chi connectivity index (χ2v) is 7.41. The molecule has 4 rings (SSSR count). The lowest BCUT2D eigenvalue weighted by molar-refractivity contribution is 0.0985. The first-order chi connectivity index (χ1) is 14.7. The Labute approximate surface area is 176 Å². The van der Waals surface area contributed by atoms with Gasteiger partial charge in [0, 0.05) is 36.4 Å². The van der Waals surface area contributed by atoms with Crippen molar-refractivity contribution in [3.8, 4) is 11.8 Å². The zero-order valence-electron chi connectivity index (χ0n) is 16.9. The van der Waals surface area contributed by atoms with Crippen LogP contribution in [0, 0.1) is 11.3 Å². The van der Waals surface area contributed by atoms with Crippen LogP contribution in [0.4, 0.5) is 5.69 Å². The number of ether oxygens (including phenoxy) is 1. The number of hydrogen-bond donors (Lipinski definition) is 0. The van der Waals surface area contributed by atoms with Crippen molar-refractivity contribution in [1.82, 2.24) is 4.90 Å². The number of likely N-dealkylation sites (N-methyl/N-ethyl adjacent to an activating group) is 1. The van der Waals surface area contributed by atoms with Crippen LogP contribution in [-0.2, 0) is 13.2 Å². The number of nitriles is 1. The highest BCUT2D eigenvalue weighted by atomic mass is 16.5. The van der Waals surface area contributed by atoms with Crippen LogP contribution < -0.4 is 9.64 Å². The van der Waals surface area contributed by atoms with Crippen molar-refractivity contribution in [1.29, 1.82) is 5.26 Å². The van der Waals surface area contributed by atoms with Gasteiger partial charge in [0.2, 0.25) is 0 Å². The average Bonchev–Trinajstić information content (AvgIpc) is 2.95. The van der Waals surface area contributed by atoms with Gasteiger partial charge in [-0.15, -0.1) is 0 Å². The van der Waals surface area contributed by atoms with E-state index in [0.717, 1.165) is 29.9 Å². The number of carbonyl (C=O) groups is 1. The molecule has 1 aliphatic rings. The Kier molecular flexibility index (Phi) is 5.78. The Balaban J connectivity index is 1.55. The summed E-state index contributed by atoms with van der Waals surface area (Å²) in [6.07, 6.45) is 0. The predicted octanol–water partition coefficient (Wildman–Crippen LogP) is 4.23. The molecule has 150 valence electrons. The van der Waals surface area contributed by atoms with E-state index in [1.54, 1.807) is 12.1 Å². The van der Waals surface area contributed by atoms with E-state index in [9.17, 15) is 10.1 Å². The molecule has 0 fully saturated rings. The molecule has 3 aromatic carbocycles. The second-order valence-electron chi connectivity index (χ2n) is 7.41. The van der Waals surface area contributed by atoms with Gasteiger partial charge in [0.25, 0.3) is 5.91 Å². The molecule has 0 spiro atoms. The second kappa shape index (κ2) is 8.81. The van der Waals surface area contributed by atoms with Gasteiger partial charge in [-0.2, -0.15) is 5.26 Å². The lowest BCUT2D eigenvalue weighted by atomic mass is 10.1. The number of carbonyl (C=O) groups excluding carboxylic acids is 1. The summed E-state index contributed by atoms with van der Waals surface area (Å²) in [6.45, 7) is 2.54. The van der Waals surface area contributed by atoms with Gasteiger partial charge in [-0.3, -0.25) is 4.79 Å². The van der Waals surface area contributed by atoms with E-state index in [-0.39, 0.29) is 12.5 Å². The molecule has 0 aromatic heterocycles. The fourth-order valence-electron chi connectivity index (χ4n) is 3.67. The molecule has 0 atom stereocenters. The highest BCUT2D eigenvalue weighted by Crippen LogP contribution is 2.27. The number of benzene rings is 3. The topological polar surface area (TPSA) is 56.6 Å². The number of hydrogen-bond acceptors (Lipinski definition) is 4. The van der Waals surface area contributed by atoms with Crippen molar-refractivity contribution >= 4 is 11.6 Å². The van der Waals surface area contributed by atoms with Crippen molar-refractivity contribution < 1.29 is 9.53 Å². The Morgan fingerprint density at radius 3 is 2.70 bits per heavy atom. The molecule has 1 amide bonds. The van der Waals surface area contributed by atoms with Crippen LogP contribution in [0.25, 0.3) is 0 Å². The van der Waals surface area contributed by atoms with Gasteiger partial charge in [0.15, 0.2) is 0 Å². The van der Waals surface area contributed by atoms with Crippen LogP contribution in [0.5, 0.6) is 5.75 Å². The van der Waals surface area contributed by atoms with Gasteiger partial charge >= 0.3 is 0 Å². The van der Waals surface area contributed by atoms with Crippen LogP contribution in [0.3, 0.4) is 0 Å². The summed E-state index contributed by atoms with van der Waals surface area (Å²) in [5.74, 6) is 0.564. The summed E-state index contributed by atoms with van der Waals surface area (Å²) in [5, 5.41) is 9.24. The number of amides is 1. The number of fused-ring (bicyclic) bond motifs is 1. The molecular weight excluding hydrogens is 374 g/mol. The summed E-state index contributed by atoms with van der Waals surface area (Å²) in [7, 11) is 2.07. The monoisotopic (exact) mass is 397 g/mol. The molecule has 0 unspecified atom stereocenters. The fraction of sp³-hybridized carbons (Fsp3) is 0.200. The maximum atomic E-state index is 13.4. The first-order valence-electron chi connectivity index (χ1n) is 9.95. The third kappa shape index (κ3) is 4.19. The van der Waals surface area contributed by atoms with Crippen LogP contribution in [-0.4, -0.2) is 30.9 Å². The van der Waals surface area contributed by atoms with E-state index in [0.29, 0.717) is 23.4 Å². The van der Waals surface area contributed by atoms with Gasteiger partial charge in [-0.05, 0) is 42.9 Å². The molecule has 3 aromatic rings. The largest absolute Gasteiger partial charge is 0.489 e. The number of para-hydroxylation sites is 1. The SMILES string of the molecule is CN1CCN(C(=O)c2cccc(OCc3ccccc3C#N)c2)c2ccccc2C1. The number of nitrogens with zero attached hydrogens (tertiary/aromatic N) is 3. The summed E-state index contributed by atoms with van der Waals surface area (Å²) in [6, 6.07) is 24.8. The Bertz CT molecular complexity index is 1100. The zero-order valence-corrected chi connectivity index (χ0v) is 16.9. The van der Waals surface area contributed by atoms with Crippen molar-refractivity contribution in [2.45, 2.75) is 13.2 Å². The lowest BCUT2D eigenvalue weighted by Gasteiger charge is -2.23. The molecule has 1 heterocycles. The third-order valence-corrected chi connectivity index (χ3v) is 5.29. The third-order valence-electron chi connectivity index (χ3n) is 5.29. The Morgan fingerprint density at radius 1 is 1.03 bits per heavy atom. The van der Waals surface area contributed by atoms with Crippen LogP contribution in [0.2, 0.25) is 0 Å². The first kappa shape index (κ1) is 19.7. The maximum Gasteiger partial charge on any atom is 0.258 e. The number of anilines is 1. The van der Waals surface area contributed by atoms with E-state index < -0.39 is 0 Å². The minimum atomic E-state index is -0.0411. The minimum absolute atomic E-state index is 0.0411. The van der Waals surface area contributed by atoms with Crippen LogP contribution in [0.15, 0.2) is 72.8 Å². The van der Waals surface area contributed by atoms with Crippen molar-refractivity contribution in [3.05, 3.63) is 95.1 Å². The van der Waals surface area contributed by atoms with Crippen molar-refractivity contribution in [3.63, 3.8) is 0 Å². The van der Waals surface area contributed by atoms with Crippen LogP contribution in [0.1, 0.15) is 27.0 Å². The molecule has 0 saturated heterocycles. The summed E-state index contributed by atoms with van der Waals surface area (Å²) < 4.78 is 5.89. The van der Waals surface area contributed by atoms with E-state index in [4.69, 9.17) is 4.74 Å². The molecule has 0 saturated carbocycles. The molecule has 1 aliphatic heterocycles. The fourth-order valence-corrected chi connectivity index (χ4v) is 3.67. The predicted molar refractivity (Wildman–Crippen MR) is 116 cm³/mol. The molecule has 30 heavy (non-hydrogen) atoms.